The largest absolute Gasteiger partial charge is 0.369 e. The summed E-state index contributed by atoms with van der Waals surface area (Å²) in [5.41, 5.74) is 7.75. The lowest BCUT2D eigenvalue weighted by atomic mass is 9.97. The first-order valence-corrected chi connectivity index (χ1v) is 6.80. The molecule has 104 valence electrons. The van der Waals surface area contributed by atoms with Gasteiger partial charge in [-0.3, -0.25) is 9.78 Å². The number of carbonyl (C=O) groups is 1. The average Bonchev–Trinajstić information content (AvgIpc) is 2.46. The van der Waals surface area contributed by atoms with Crippen molar-refractivity contribution in [2.75, 3.05) is 25.0 Å². The number of hydrogen-bond acceptors (Lipinski definition) is 4. The minimum Gasteiger partial charge on any atom is -0.369 e. The van der Waals surface area contributed by atoms with E-state index in [0.29, 0.717) is 0 Å². The van der Waals surface area contributed by atoms with E-state index in [1.807, 2.05) is 25.3 Å². The van der Waals surface area contributed by atoms with Crippen molar-refractivity contribution in [1.29, 1.82) is 0 Å². The molecule has 0 spiro atoms. The van der Waals surface area contributed by atoms with E-state index in [2.05, 4.69) is 15.2 Å². The Morgan fingerprint density at radius 1 is 1.58 bits per heavy atom. The molecule has 0 saturated carbocycles. The predicted octanol–water partition coefficient (Wildman–Crippen LogP) is 1.06. The maximum absolute atomic E-state index is 11.7. The first kappa shape index (κ1) is 13.8. The van der Waals surface area contributed by atoms with Crippen LogP contribution in [0.4, 0.5) is 5.69 Å². The molecule has 1 aromatic heterocycles. The third kappa shape index (κ3) is 3.23. The Labute approximate surface area is 114 Å². The minimum atomic E-state index is -0.0472. The van der Waals surface area contributed by atoms with Crippen LogP contribution < -0.4 is 16.0 Å². The summed E-state index contributed by atoms with van der Waals surface area (Å²) in [5, 5.41) is 2.73. The number of carbonyl (C=O) groups excluding carboxylic acids is 1. The van der Waals surface area contributed by atoms with Gasteiger partial charge in [0.05, 0.1) is 23.5 Å². The normalized spacial score (nSPS) is 21.0. The molecule has 1 saturated heterocycles. The summed E-state index contributed by atoms with van der Waals surface area (Å²) in [5.74, 6) is 0.205. The molecule has 2 heterocycles. The lowest BCUT2D eigenvalue weighted by Crippen LogP contribution is -2.42. The number of amides is 1. The van der Waals surface area contributed by atoms with Crippen LogP contribution in [0.15, 0.2) is 18.3 Å². The van der Waals surface area contributed by atoms with Crippen molar-refractivity contribution in [1.82, 2.24) is 10.3 Å². The Bertz CT molecular complexity index is 430. The number of pyridine rings is 1. The van der Waals surface area contributed by atoms with Gasteiger partial charge < -0.3 is 16.0 Å². The third-order valence-electron chi connectivity index (χ3n) is 3.64. The second-order valence-electron chi connectivity index (χ2n) is 5.13. The van der Waals surface area contributed by atoms with Crippen LogP contribution in [-0.4, -0.2) is 31.0 Å². The van der Waals surface area contributed by atoms with Gasteiger partial charge in [-0.05, 0) is 31.9 Å². The summed E-state index contributed by atoms with van der Waals surface area (Å²) in [4.78, 5) is 18.3. The van der Waals surface area contributed by atoms with E-state index in [0.717, 1.165) is 37.3 Å². The fourth-order valence-electron chi connectivity index (χ4n) is 2.48. The van der Waals surface area contributed by atoms with Crippen molar-refractivity contribution in [3.63, 3.8) is 0 Å². The molecule has 2 atom stereocenters. The summed E-state index contributed by atoms with van der Waals surface area (Å²) >= 11 is 0. The van der Waals surface area contributed by atoms with Crippen LogP contribution in [0.2, 0.25) is 0 Å². The van der Waals surface area contributed by atoms with Gasteiger partial charge in [0.2, 0.25) is 5.91 Å². The Hall–Kier alpha value is -1.62. The second-order valence-corrected chi connectivity index (χ2v) is 5.13. The molecule has 1 aliphatic heterocycles. The van der Waals surface area contributed by atoms with E-state index >= 15 is 0 Å². The average molecular weight is 262 g/mol. The molecule has 0 bridgehead atoms. The fraction of sp³-hybridized carbons (Fsp3) is 0.571. The van der Waals surface area contributed by atoms with Crippen molar-refractivity contribution in [3.05, 3.63) is 24.0 Å². The van der Waals surface area contributed by atoms with Crippen LogP contribution in [-0.2, 0) is 4.79 Å². The van der Waals surface area contributed by atoms with Crippen molar-refractivity contribution < 1.29 is 4.79 Å². The number of nitrogens with zero attached hydrogens (tertiary/aromatic N) is 2. The molecular weight excluding hydrogens is 240 g/mol. The van der Waals surface area contributed by atoms with Crippen LogP contribution >= 0.6 is 0 Å². The molecule has 3 N–H and O–H groups in total. The van der Waals surface area contributed by atoms with Gasteiger partial charge in [0.25, 0.3) is 0 Å². The quantitative estimate of drug-likeness (QED) is 0.854. The first-order valence-electron chi connectivity index (χ1n) is 6.80. The number of hydrogen-bond donors (Lipinski definition) is 2. The Balaban J connectivity index is 2.06. The molecule has 1 amide bonds. The van der Waals surface area contributed by atoms with Gasteiger partial charge >= 0.3 is 0 Å². The Morgan fingerprint density at radius 2 is 2.37 bits per heavy atom. The SMILES string of the molecule is CNC(=O)C1CCCN(c2ccc(C(C)N)nc2)C1. The molecule has 0 radical (unpaired) electrons. The van der Waals surface area contributed by atoms with Gasteiger partial charge in [-0.25, -0.2) is 0 Å². The van der Waals surface area contributed by atoms with Crippen molar-refractivity contribution in [2.24, 2.45) is 11.7 Å². The molecular formula is C14H22N4O. The van der Waals surface area contributed by atoms with Crippen LogP contribution in [0, 0.1) is 5.92 Å². The highest BCUT2D eigenvalue weighted by Gasteiger charge is 2.25. The molecule has 1 aromatic rings. The Kier molecular flexibility index (Phi) is 4.37. The highest BCUT2D eigenvalue weighted by Crippen LogP contribution is 2.23. The highest BCUT2D eigenvalue weighted by molar-refractivity contribution is 5.79. The van der Waals surface area contributed by atoms with Crippen LogP contribution in [0.3, 0.4) is 0 Å². The Morgan fingerprint density at radius 3 is 2.95 bits per heavy atom. The van der Waals surface area contributed by atoms with Crippen LogP contribution in [0.5, 0.6) is 0 Å². The number of rotatable bonds is 3. The highest BCUT2D eigenvalue weighted by atomic mass is 16.1. The third-order valence-corrected chi connectivity index (χ3v) is 3.64. The van der Waals surface area contributed by atoms with Crippen molar-refractivity contribution in [3.8, 4) is 0 Å². The topological polar surface area (TPSA) is 71.2 Å². The fourth-order valence-corrected chi connectivity index (χ4v) is 2.48. The molecule has 1 aliphatic rings. The van der Waals surface area contributed by atoms with Crippen LogP contribution in [0.25, 0.3) is 0 Å². The monoisotopic (exact) mass is 262 g/mol. The van der Waals surface area contributed by atoms with E-state index in [1.165, 1.54) is 0 Å². The van der Waals surface area contributed by atoms with Gasteiger partial charge in [-0.1, -0.05) is 0 Å². The van der Waals surface area contributed by atoms with E-state index in [-0.39, 0.29) is 17.9 Å². The zero-order chi connectivity index (χ0) is 13.8. The van der Waals surface area contributed by atoms with Gasteiger partial charge in [-0.2, -0.15) is 0 Å². The first-order chi connectivity index (χ1) is 9.11. The molecule has 19 heavy (non-hydrogen) atoms. The van der Waals surface area contributed by atoms with Gasteiger partial charge in [0.15, 0.2) is 0 Å². The molecule has 0 aliphatic carbocycles. The molecule has 2 unspecified atom stereocenters. The molecule has 5 heteroatoms. The molecule has 0 aromatic carbocycles. The van der Waals surface area contributed by atoms with E-state index < -0.39 is 0 Å². The number of anilines is 1. The van der Waals surface area contributed by atoms with E-state index in [9.17, 15) is 4.79 Å². The zero-order valence-corrected chi connectivity index (χ0v) is 11.6. The summed E-state index contributed by atoms with van der Waals surface area (Å²) in [7, 11) is 1.69. The smallest absolute Gasteiger partial charge is 0.224 e. The van der Waals surface area contributed by atoms with E-state index in [1.54, 1.807) is 7.05 Å². The lowest BCUT2D eigenvalue weighted by molar-refractivity contribution is -0.124. The molecule has 2 rings (SSSR count). The summed E-state index contributed by atoms with van der Waals surface area (Å²) in [6.45, 7) is 3.66. The van der Waals surface area contributed by atoms with Gasteiger partial charge in [0, 0.05) is 26.2 Å². The summed E-state index contributed by atoms with van der Waals surface area (Å²) < 4.78 is 0. The standard InChI is InChI=1S/C14H22N4O/c1-10(15)13-6-5-12(8-17-13)18-7-3-4-11(9-18)14(19)16-2/h5-6,8,10-11H,3-4,7,9,15H2,1-2H3,(H,16,19). The van der Waals surface area contributed by atoms with Gasteiger partial charge in [0.1, 0.15) is 0 Å². The predicted molar refractivity (Wildman–Crippen MR) is 75.8 cm³/mol. The number of nitrogens with one attached hydrogen (secondary N) is 1. The van der Waals surface area contributed by atoms with Gasteiger partial charge in [-0.15, -0.1) is 0 Å². The number of piperidine rings is 1. The maximum atomic E-state index is 11.7. The number of nitrogens with two attached hydrogens (primary N) is 1. The number of aromatic nitrogens is 1. The minimum absolute atomic E-state index is 0.0472. The summed E-state index contributed by atoms with van der Waals surface area (Å²) in [6, 6.07) is 3.95. The maximum Gasteiger partial charge on any atom is 0.224 e. The van der Waals surface area contributed by atoms with Crippen molar-refractivity contribution in [2.45, 2.75) is 25.8 Å². The summed E-state index contributed by atoms with van der Waals surface area (Å²) in [6.07, 6.45) is 3.85. The lowest BCUT2D eigenvalue weighted by Gasteiger charge is -2.33. The molecule has 5 nitrogen and oxygen atoms in total. The molecule has 1 fully saturated rings. The van der Waals surface area contributed by atoms with Crippen molar-refractivity contribution >= 4 is 11.6 Å². The van der Waals surface area contributed by atoms with Crippen LogP contribution in [0.1, 0.15) is 31.5 Å². The van der Waals surface area contributed by atoms with E-state index in [4.69, 9.17) is 5.73 Å². The zero-order valence-electron chi connectivity index (χ0n) is 11.6. The second kappa shape index (κ2) is 6.02.